The van der Waals surface area contributed by atoms with Crippen molar-refractivity contribution in [1.29, 1.82) is 0 Å². The van der Waals surface area contributed by atoms with E-state index in [4.69, 9.17) is 35.0 Å². The Hall–Kier alpha value is -2.44. The summed E-state index contributed by atoms with van der Waals surface area (Å²) in [5.41, 5.74) is 2.44. The van der Waals surface area contributed by atoms with Crippen molar-refractivity contribution in [1.82, 2.24) is 9.13 Å². The number of aromatic nitrogens is 2. The fourth-order valence-corrected chi connectivity index (χ4v) is 4.98. The molecule has 16 heteroatoms. The molecule has 34 heavy (non-hydrogen) atoms. The highest BCUT2D eigenvalue weighted by molar-refractivity contribution is 7.80. The predicted molar refractivity (Wildman–Crippen MR) is 130 cm³/mol. The second-order valence-corrected chi connectivity index (χ2v) is 10.1. The first-order valence-corrected chi connectivity index (χ1v) is 13.9. The molecule has 0 aliphatic heterocycles. The monoisotopic (exact) mass is 550 g/mol. The first-order valence-electron chi connectivity index (χ1n) is 9.46. The Kier molecular flexibility index (Phi) is 9.65. The third kappa shape index (κ3) is 8.73. The molecule has 0 amide bonds. The smallest absolute Gasteiger partial charge is 0.315 e. The molecular formula is C18H22N4O8S4. The van der Waals surface area contributed by atoms with Crippen LogP contribution in [0.15, 0.2) is 58.7 Å². The molecule has 0 radical (unpaired) electrons. The van der Waals surface area contributed by atoms with Gasteiger partial charge in [-0.2, -0.15) is 16.8 Å². The molecule has 0 saturated heterocycles. The number of thiazole rings is 2. The van der Waals surface area contributed by atoms with Crippen molar-refractivity contribution < 1.29 is 35.0 Å². The van der Waals surface area contributed by atoms with Crippen molar-refractivity contribution in [2.24, 2.45) is 10.2 Å². The fraction of sp³-hybridized carbons (Fsp3) is 0.222. The molecule has 0 fully saturated rings. The van der Waals surface area contributed by atoms with Gasteiger partial charge in [0.1, 0.15) is 0 Å². The zero-order chi connectivity index (χ0) is 25.5. The highest BCUT2D eigenvalue weighted by Gasteiger charge is 2.05. The van der Waals surface area contributed by atoms with E-state index in [2.05, 4.69) is 81.7 Å². The quantitative estimate of drug-likeness (QED) is 0.222. The van der Waals surface area contributed by atoms with Crippen LogP contribution in [-0.4, -0.2) is 44.2 Å². The van der Waals surface area contributed by atoms with E-state index in [1.807, 2.05) is 0 Å². The highest BCUT2D eigenvalue weighted by atomic mass is 32.3. The average Bonchev–Trinajstić information content (AvgIpc) is 3.26. The predicted octanol–water partition coefficient (Wildman–Crippen LogP) is 2.87. The molecule has 4 rings (SSSR count). The molecule has 0 atom stereocenters. The number of benzene rings is 2. The van der Waals surface area contributed by atoms with E-state index < -0.39 is 20.8 Å². The Morgan fingerprint density at radius 2 is 0.971 bits per heavy atom. The molecule has 0 bridgehead atoms. The number of para-hydroxylation sites is 2. The Balaban J connectivity index is 0.000000347. The summed E-state index contributed by atoms with van der Waals surface area (Å²) >= 11 is 3.37. The average molecular weight is 551 g/mol. The van der Waals surface area contributed by atoms with E-state index >= 15 is 0 Å². The van der Waals surface area contributed by atoms with Gasteiger partial charge in [0.15, 0.2) is 0 Å². The molecule has 0 unspecified atom stereocenters. The van der Waals surface area contributed by atoms with Crippen LogP contribution in [0.4, 0.5) is 0 Å². The Labute approximate surface area is 202 Å². The van der Waals surface area contributed by atoms with Gasteiger partial charge in [-0.15, -0.1) is 10.2 Å². The Bertz CT molecular complexity index is 1470. The summed E-state index contributed by atoms with van der Waals surface area (Å²) in [7, 11) is -9.33. The molecule has 4 N–H and O–H groups in total. The van der Waals surface area contributed by atoms with Crippen LogP contribution in [0.25, 0.3) is 20.4 Å². The van der Waals surface area contributed by atoms with Crippen LogP contribution in [0.2, 0.25) is 0 Å². The molecule has 0 saturated carbocycles. The van der Waals surface area contributed by atoms with Crippen molar-refractivity contribution in [3.63, 3.8) is 0 Å². The lowest BCUT2D eigenvalue weighted by atomic mass is 10.3. The van der Waals surface area contributed by atoms with Gasteiger partial charge >= 0.3 is 20.8 Å². The first-order chi connectivity index (χ1) is 15.8. The molecule has 2 aromatic carbocycles. The van der Waals surface area contributed by atoms with E-state index in [0.717, 1.165) is 22.7 Å². The molecule has 0 aliphatic rings. The lowest BCUT2D eigenvalue weighted by molar-refractivity contribution is 0.378. The summed E-state index contributed by atoms with van der Waals surface area (Å²) in [6.07, 6.45) is 0. The van der Waals surface area contributed by atoms with Crippen LogP contribution < -0.4 is 9.60 Å². The second-order valence-electron chi connectivity index (χ2n) is 6.29. The van der Waals surface area contributed by atoms with Gasteiger partial charge < -0.3 is 9.13 Å². The van der Waals surface area contributed by atoms with Crippen LogP contribution in [0, 0.1) is 0 Å². The summed E-state index contributed by atoms with van der Waals surface area (Å²) in [6.45, 7) is 6.06. The normalized spacial score (nSPS) is 12.9. The van der Waals surface area contributed by atoms with E-state index in [0.29, 0.717) is 0 Å². The summed E-state index contributed by atoms with van der Waals surface area (Å²) in [6, 6.07) is 16.8. The Morgan fingerprint density at radius 3 is 1.26 bits per heavy atom. The number of fused-ring (bicyclic) bond motifs is 2. The van der Waals surface area contributed by atoms with E-state index in [1.54, 1.807) is 22.7 Å². The SMILES string of the molecule is CCn1c(=NN=c2sc3ccccc3n2CC)sc2ccccc21.O=S(=O)(O)O.O=S(=O)(O)O. The maximum atomic E-state index is 8.74. The summed E-state index contributed by atoms with van der Waals surface area (Å²) in [4.78, 5) is 1.89. The highest BCUT2D eigenvalue weighted by Crippen LogP contribution is 2.17. The van der Waals surface area contributed by atoms with Crippen molar-refractivity contribution in [2.45, 2.75) is 26.9 Å². The van der Waals surface area contributed by atoms with Gasteiger partial charge in [0.25, 0.3) is 0 Å². The van der Waals surface area contributed by atoms with E-state index in [-0.39, 0.29) is 0 Å². The largest absolute Gasteiger partial charge is 0.394 e. The summed E-state index contributed by atoms with van der Waals surface area (Å²) in [5, 5.41) is 9.17. The zero-order valence-electron chi connectivity index (χ0n) is 17.9. The van der Waals surface area contributed by atoms with Gasteiger partial charge in [-0.3, -0.25) is 18.2 Å². The zero-order valence-corrected chi connectivity index (χ0v) is 21.1. The summed E-state index contributed by atoms with van der Waals surface area (Å²) < 4.78 is 70.1. The molecule has 12 nitrogen and oxygen atoms in total. The Morgan fingerprint density at radius 1 is 0.676 bits per heavy atom. The van der Waals surface area contributed by atoms with Crippen LogP contribution in [-0.2, 0) is 33.9 Å². The minimum absolute atomic E-state index is 0.887. The lowest BCUT2D eigenvalue weighted by Crippen LogP contribution is -2.16. The van der Waals surface area contributed by atoms with Gasteiger partial charge in [0.2, 0.25) is 9.60 Å². The van der Waals surface area contributed by atoms with Crippen molar-refractivity contribution in [2.75, 3.05) is 0 Å². The van der Waals surface area contributed by atoms with Gasteiger partial charge in [0.05, 0.1) is 20.4 Å². The molecule has 186 valence electrons. The molecule has 2 heterocycles. The van der Waals surface area contributed by atoms with Gasteiger partial charge in [-0.05, 0) is 38.1 Å². The first kappa shape index (κ1) is 27.8. The maximum Gasteiger partial charge on any atom is 0.394 e. The van der Waals surface area contributed by atoms with Crippen molar-refractivity contribution >= 4 is 63.9 Å². The number of hydrogen-bond donors (Lipinski definition) is 4. The minimum atomic E-state index is -4.67. The molecule has 2 aromatic heterocycles. The van der Waals surface area contributed by atoms with E-state index in [1.165, 1.54) is 20.4 Å². The van der Waals surface area contributed by atoms with Gasteiger partial charge in [0, 0.05) is 13.1 Å². The van der Waals surface area contributed by atoms with Crippen LogP contribution in [0.3, 0.4) is 0 Å². The fourth-order valence-electron chi connectivity index (χ4n) is 2.89. The lowest BCUT2D eigenvalue weighted by Gasteiger charge is -1.99. The molecule has 0 spiro atoms. The van der Waals surface area contributed by atoms with Crippen LogP contribution in [0.5, 0.6) is 0 Å². The summed E-state index contributed by atoms with van der Waals surface area (Å²) in [5.74, 6) is 0. The van der Waals surface area contributed by atoms with Crippen molar-refractivity contribution in [3.05, 3.63) is 58.1 Å². The third-order valence-electron chi connectivity index (χ3n) is 4.03. The van der Waals surface area contributed by atoms with Gasteiger partial charge in [-0.1, -0.05) is 46.9 Å². The maximum absolute atomic E-state index is 8.74. The van der Waals surface area contributed by atoms with Crippen molar-refractivity contribution in [3.8, 4) is 0 Å². The van der Waals surface area contributed by atoms with Crippen LogP contribution >= 0.6 is 22.7 Å². The topological polar surface area (TPSA) is 184 Å². The third-order valence-corrected chi connectivity index (χ3v) is 6.13. The molecule has 0 aliphatic carbocycles. The van der Waals surface area contributed by atoms with E-state index in [9.17, 15) is 0 Å². The van der Waals surface area contributed by atoms with Gasteiger partial charge in [-0.25, -0.2) is 0 Å². The molecular weight excluding hydrogens is 528 g/mol. The standard InChI is InChI=1S/C18H18N4S2.2H2O4S/c1-3-21-13-9-5-7-11-15(13)23-17(21)19-20-18-22(4-2)14-10-6-8-12-16(14)24-18;2*1-5(2,3)4/h5-12H,3-4H2,1-2H3;2*(H2,1,2,3,4). The molecule has 4 aromatic rings. The number of nitrogens with zero attached hydrogens (tertiary/aromatic N) is 4. The second kappa shape index (κ2) is 11.8. The minimum Gasteiger partial charge on any atom is -0.315 e. The number of rotatable bonds is 3. The van der Waals surface area contributed by atoms with Crippen LogP contribution in [0.1, 0.15) is 13.8 Å². The number of aryl methyl sites for hydroxylation is 2. The number of hydrogen-bond acceptors (Lipinski definition) is 8.